The molecule has 4 N–H and O–H groups in total. The van der Waals surface area contributed by atoms with Gasteiger partial charge < -0.3 is 10.6 Å². The summed E-state index contributed by atoms with van der Waals surface area (Å²) < 4.78 is 0. The van der Waals surface area contributed by atoms with Crippen LogP contribution in [0.3, 0.4) is 0 Å². The third kappa shape index (κ3) is 2.43. The van der Waals surface area contributed by atoms with Gasteiger partial charge in [0, 0.05) is 19.6 Å². The van der Waals surface area contributed by atoms with E-state index < -0.39 is 11.2 Å². The van der Waals surface area contributed by atoms with E-state index in [1.807, 2.05) is 6.92 Å². The highest BCUT2D eigenvalue weighted by atomic mass is 16.2. The topological polar surface area (TPSA) is 108 Å². The molecule has 0 aliphatic heterocycles. The molecule has 0 saturated carbocycles. The van der Waals surface area contributed by atoms with Crippen molar-refractivity contribution in [2.75, 3.05) is 18.5 Å². The predicted molar refractivity (Wildman–Crippen MR) is 52.4 cm³/mol. The number of nitrogens with one attached hydrogen (secondary N) is 2. The molecule has 0 bridgehead atoms. The minimum atomic E-state index is -0.618. The van der Waals surface area contributed by atoms with E-state index in [4.69, 9.17) is 5.73 Å². The maximum absolute atomic E-state index is 11.2. The van der Waals surface area contributed by atoms with E-state index in [0.717, 1.165) is 0 Å². The van der Waals surface area contributed by atoms with Crippen molar-refractivity contribution >= 4 is 5.82 Å². The number of likely N-dealkylation sites (N-methyl/N-ethyl adjacent to an activating group) is 1. The average molecular weight is 199 g/mol. The minimum Gasteiger partial charge on any atom is -0.352 e. The molecule has 1 unspecified atom stereocenters. The molecule has 0 saturated heterocycles. The summed E-state index contributed by atoms with van der Waals surface area (Å²) in [4.78, 5) is 25.6. The number of aromatic amines is 2. The average Bonchev–Trinajstić information content (AvgIpc) is 2.01. The second-order valence-corrected chi connectivity index (χ2v) is 3.19. The number of hydrogen-bond acceptors (Lipinski definition) is 5. The van der Waals surface area contributed by atoms with E-state index in [0.29, 0.717) is 6.54 Å². The van der Waals surface area contributed by atoms with Gasteiger partial charge in [0.2, 0.25) is 5.82 Å². The molecule has 7 heteroatoms. The Kier molecular flexibility index (Phi) is 3.03. The molecule has 14 heavy (non-hydrogen) atoms. The van der Waals surface area contributed by atoms with Crippen LogP contribution in [-0.4, -0.2) is 34.8 Å². The molecule has 1 heterocycles. The van der Waals surface area contributed by atoms with Crippen molar-refractivity contribution < 1.29 is 0 Å². The smallest absolute Gasteiger partial charge is 0.342 e. The molecule has 0 aliphatic rings. The minimum absolute atomic E-state index is 0.0758. The Balaban J connectivity index is 2.96. The normalized spacial score (nSPS) is 12.5. The maximum Gasteiger partial charge on any atom is 0.342 e. The molecule has 7 nitrogen and oxygen atoms in total. The predicted octanol–water partition coefficient (Wildman–Crippen LogP) is -1.76. The fourth-order valence-corrected chi connectivity index (χ4v) is 1.12. The highest BCUT2D eigenvalue weighted by molar-refractivity contribution is 5.32. The first-order valence-corrected chi connectivity index (χ1v) is 4.16. The Morgan fingerprint density at radius 3 is 2.71 bits per heavy atom. The summed E-state index contributed by atoms with van der Waals surface area (Å²) in [5, 5.41) is 5.77. The number of nitrogens with two attached hydrogens (primary N) is 1. The standard InChI is InChI=1S/C7H13N5O2/c1-4(8)3-12(2)5-6(13)9-7(14)11-10-5/h4H,3,8H2,1-2H3,(H2,9,11,13,14). The van der Waals surface area contributed by atoms with Crippen LogP contribution in [0.25, 0.3) is 0 Å². The molecule has 1 aromatic heterocycles. The third-order valence-corrected chi connectivity index (χ3v) is 1.62. The third-order valence-electron chi connectivity index (χ3n) is 1.62. The molecule has 1 atom stereocenters. The number of hydrogen-bond donors (Lipinski definition) is 3. The molecule has 0 spiro atoms. The van der Waals surface area contributed by atoms with Gasteiger partial charge in [0.1, 0.15) is 0 Å². The van der Waals surface area contributed by atoms with Gasteiger partial charge in [-0.15, -0.1) is 5.10 Å². The van der Waals surface area contributed by atoms with Crippen molar-refractivity contribution in [1.82, 2.24) is 15.2 Å². The summed E-state index contributed by atoms with van der Waals surface area (Å²) in [6.45, 7) is 2.30. The quantitative estimate of drug-likeness (QED) is 0.534. The van der Waals surface area contributed by atoms with Crippen LogP contribution in [0.2, 0.25) is 0 Å². The van der Waals surface area contributed by atoms with Gasteiger partial charge in [0.25, 0.3) is 5.56 Å². The molecule has 0 aromatic carbocycles. The summed E-state index contributed by atoms with van der Waals surface area (Å²) >= 11 is 0. The summed E-state index contributed by atoms with van der Waals surface area (Å²) in [7, 11) is 1.68. The largest absolute Gasteiger partial charge is 0.352 e. The lowest BCUT2D eigenvalue weighted by atomic mass is 10.3. The zero-order valence-corrected chi connectivity index (χ0v) is 8.07. The van der Waals surface area contributed by atoms with Gasteiger partial charge in [-0.3, -0.25) is 9.78 Å². The van der Waals surface area contributed by atoms with Crippen LogP contribution in [0.15, 0.2) is 9.59 Å². The van der Waals surface area contributed by atoms with Crippen molar-refractivity contribution in [3.63, 3.8) is 0 Å². The molecular weight excluding hydrogens is 186 g/mol. The van der Waals surface area contributed by atoms with Crippen LogP contribution in [0, 0.1) is 0 Å². The molecule has 0 radical (unpaired) electrons. The van der Waals surface area contributed by atoms with Gasteiger partial charge >= 0.3 is 5.69 Å². The Morgan fingerprint density at radius 2 is 2.21 bits per heavy atom. The first-order valence-electron chi connectivity index (χ1n) is 4.16. The molecule has 0 aliphatic carbocycles. The Hall–Kier alpha value is -1.63. The fraction of sp³-hybridized carbons (Fsp3) is 0.571. The van der Waals surface area contributed by atoms with Crippen LogP contribution in [0.5, 0.6) is 0 Å². The Bertz CT molecular complexity index is 407. The molecule has 78 valence electrons. The Labute approximate surface area is 79.9 Å². The van der Waals surface area contributed by atoms with Gasteiger partial charge in [-0.25, -0.2) is 9.89 Å². The van der Waals surface area contributed by atoms with Crippen LogP contribution in [0.1, 0.15) is 6.92 Å². The lowest BCUT2D eigenvalue weighted by Gasteiger charge is -2.18. The molecular formula is C7H13N5O2. The monoisotopic (exact) mass is 199 g/mol. The van der Waals surface area contributed by atoms with Gasteiger partial charge in [-0.2, -0.15) is 0 Å². The van der Waals surface area contributed by atoms with Crippen molar-refractivity contribution in [3.8, 4) is 0 Å². The van der Waals surface area contributed by atoms with E-state index in [2.05, 4.69) is 15.2 Å². The number of aromatic nitrogens is 3. The fourth-order valence-electron chi connectivity index (χ4n) is 1.12. The van der Waals surface area contributed by atoms with Crippen LogP contribution < -0.4 is 21.9 Å². The lowest BCUT2D eigenvalue weighted by molar-refractivity contribution is 0.699. The summed E-state index contributed by atoms with van der Waals surface area (Å²) in [6, 6.07) is -0.0758. The zero-order chi connectivity index (χ0) is 10.7. The van der Waals surface area contributed by atoms with Crippen LogP contribution in [0.4, 0.5) is 5.82 Å². The van der Waals surface area contributed by atoms with Crippen LogP contribution in [-0.2, 0) is 0 Å². The van der Waals surface area contributed by atoms with Crippen LogP contribution >= 0.6 is 0 Å². The number of rotatable bonds is 3. The second-order valence-electron chi connectivity index (χ2n) is 3.19. The van der Waals surface area contributed by atoms with Gasteiger partial charge in [0.05, 0.1) is 0 Å². The summed E-state index contributed by atoms with van der Waals surface area (Å²) in [6.07, 6.45) is 0. The summed E-state index contributed by atoms with van der Waals surface area (Å²) in [5.41, 5.74) is 4.42. The van der Waals surface area contributed by atoms with Gasteiger partial charge in [-0.05, 0) is 6.92 Å². The van der Waals surface area contributed by atoms with E-state index >= 15 is 0 Å². The molecule has 1 aromatic rings. The summed E-state index contributed by atoms with van der Waals surface area (Å²) in [5.74, 6) is 0.155. The highest BCUT2D eigenvalue weighted by Gasteiger charge is 2.09. The first-order chi connectivity index (χ1) is 6.50. The highest BCUT2D eigenvalue weighted by Crippen LogP contribution is 1.96. The SMILES string of the molecule is CC(N)CN(C)c1n[nH]c(=O)[nH]c1=O. The molecule has 0 fully saturated rings. The van der Waals surface area contributed by atoms with E-state index in [9.17, 15) is 9.59 Å². The lowest BCUT2D eigenvalue weighted by Crippen LogP contribution is -2.38. The van der Waals surface area contributed by atoms with Crippen molar-refractivity contribution in [2.24, 2.45) is 5.73 Å². The van der Waals surface area contributed by atoms with Gasteiger partial charge in [0.15, 0.2) is 0 Å². The van der Waals surface area contributed by atoms with E-state index in [1.165, 1.54) is 0 Å². The number of H-pyrrole nitrogens is 2. The zero-order valence-electron chi connectivity index (χ0n) is 8.07. The number of anilines is 1. The van der Waals surface area contributed by atoms with E-state index in [-0.39, 0.29) is 11.9 Å². The number of nitrogens with zero attached hydrogens (tertiary/aromatic N) is 2. The molecule has 0 amide bonds. The second kappa shape index (κ2) is 4.05. The Morgan fingerprint density at radius 1 is 1.57 bits per heavy atom. The van der Waals surface area contributed by atoms with Crippen molar-refractivity contribution in [2.45, 2.75) is 13.0 Å². The maximum atomic E-state index is 11.2. The van der Waals surface area contributed by atoms with Gasteiger partial charge in [-0.1, -0.05) is 0 Å². The molecule has 1 rings (SSSR count). The first kappa shape index (κ1) is 10.5. The van der Waals surface area contributed by atoms with E-state index in [1.54, 1.807) is 11.9 Å². The van der Waals surface area contributed by atoms with Crippen molar-refractivity contribution in [1.29, 1.82) is 0 Å². The van der Waals surface area contributed by atoms with Crippen molar-refractivity contribution in [3.05, 3.63) is 20.8 Å².